The fourth-order valence-electron chi connectivity index (χ4n) is 4.21. The van der Waals surface area contributed by atoms with Crippen LogP contribution in [-0.4, -0.2) is 74.8 Å². The summed E-state index contributed by atoms with van der Waals surface area (Å²) in [6, 6.07) is 0.812. The van der Waals surface area contributed by atoms with Crippen molar-refractivity contribution < 1.29 is 9.53 Å². The second-order valence-corrected chi connectivity index (χ2v) is 8.73. The van der Waals surface area contributed by atoms with Crippen LogP contribution in [0.2, 0.25) is 0 Å². The summed E-state index contributed by atoms with van der Waals surface area (Å²) >= 11 is 0. The van der Waals surface area contributed by atoms with Gasteiger partial charge in [0.15, 0.2) is 5.96 Å². The fourth-order valence-corrected chi connectivity index (χ4v) is 4.21. The summed E-state index contributed by atoms with van der Waals surface area (Å²) in [7, 11) is 0. The third-order valence-electron chi connectivity index (χ3n) is 5.72. The largest absolute Gasteiger partial charge is 0.379 e. The van der Waals surface area contributed by atoms with Gasteiger partial charge in [-0.15, -0.1) is 0 Å². The van der Waals surface area contributed by atoms with Gasteiger partial charge in [0.1, 0.15) is 0 Å². The van der Waals surface area contributed by atoms with Gasteiger partial charge in [0, 0.05) is 44.7 Å². The molecule has 7 heteroatoms. The maximum Gasteiger partial charge on any atom is 0.221 e. The van der Waals surface area contributed by atoms with E-state index in [1.54, 1.807) is 0 Å². The quantitative estimate of drug-likeness (QED) is 0.381. The highest BCUT2D eigenvalue weighted by molar-refractivity contribution is 5.81. The third-order valence-corrected chi connectivity index (χ3v) is 5.72. The first-order chi connectivity index (χ1) is 14.1. The highest BCUT2D eigenvalue weighted by Crippen LogP contribution is 2.17. The summed E-state index contributed by atoms with van der Waals surface area (Å²) in [5.74, 6) is 1.59. The van der Waals surface area contributed by atoms with Gasteiger partial charge in [0.05, 0.1) is 19.8 Å². The lowest BCUT2D eigenvalue weighted by atomic mass is 9.95. The van der Waals surface area contributed by atoms with E-state index in [-0.39, 0.29) is 5.91 Å². The Morgan fingerprint density at radius 1 is 1.14 bits per heavy atom. The Hall–Kier alpha value is -1.34. The van der Waals surface area contributed by atoms with Gasteiger partial charge in [-0.1, -0.05) is 33.1 Å². The molecule has 2 rings (SSSR count). The summed E-state index contributed by atoms with van der Waals surface area (Å²) in [5, 5.41) is 9.83. The number of ether oxygens (including phenoxy) is 1. The Bertz CT molecular complexity index is 486. The summed E-state index contributed by atoms with van der Waals surface area (Å²) in [5.41, 5.74) is 0. The molecule has 168 valence electrons. The van der Waals surface area contributed by atoms with Gasteiger partial charge in [0.25, 0.3) is 0 Å². The molecule has 0 bridgehead atoms. The van der Waals surface area contributed by atoms with Gasteiger partial charge in [-0.3, -0.25) is 14.7 Å². The molecule has 7 nitrogen and oxygen atoms in total. The van der Waals surface area contributed by atoms with E-state index >= 15 is 0 Å². The molecule has 1 unspecified atom stereocenters. The van der Waals surface area contributed by atoms with Crippen molar-refractivity contribution in [2.24, 2.45) is 10.9 Å². The number of rotatable bonds is 10. The summed E-state index contributed by atoms with van der Waals surface area (Å²) in [6.45, 7) is 12.4. The lowest BCUT2D eigenvalue weighted by Gasteiger charge is -2.34. The second-order valence-electron chi connectivity index (χ2n) is 8.73. The zero-order valence-corrected chi connectivity index (χ0v) is 18.8. The number of carbonyl (C=O) groups excluding carboxylic acids is 1. The Labute approximate surface area is 177 Å². The molecule has 1 saturated carbocycles. The molecule has 2 aliphatic rings. The van der Waals surface area contributed by atoms with Crippen molar-refractivity contribution in [3.05, 3.63) is 0 Å². The van der Waals surface area contributed by atoms with E-state index in [0.29, 0.717) is 31.0 Å². The van der Waals surface area contributed by atoms with Crippen molar-refractivity contribution in [3.8, 4) is 0 Å². The van der Waals surface area contributed by atoms with Gasteiger partial charge in [-0.05, 0) is 32.1 Å². The number of hydrogen-bond donors (Lipinski definition) is 3. The number of aliphatic imine (C=N–C) groups is 1. The Morgan fingerprint density at radius 3 is 2.52 bits per heavy atom. The molecule has 0 aromatic rings. The fraction of sp³-hybridized carbons (Fsp3) is 0.909. The summed E-state index contributed by atoms with van der Waals surface area (Å²) in [4.78, 5) is 19.6. The molecule has 0 radical (unpaired) electrons. The molecule has 0 aromatic carbocycles. The number of morpholine rings is 1. The number of carbonyl (C=O) groups is 1. The lowest BCUT2D eigenvalue weighted by molar-refractivity contribution is -0.121. The van der Waals surface area contributed by atoms with Gasteiger partial charge in [0.2, 0.25) is 5.91 Å². The summed E-state index contributed by atoms with van der Waals surface area (Å²) < 4.78 is 5.51. The predicted octanol–water partition coefficient (Wildman–Crippen LogP) is 2.13. The molecule has 1 heterocycles. The van der Waals surface area contributed by atoms with Crippen LogP contribution >= 0.6 is 0 Å². The first kappa shape index (κ1) is 23.9. The van der Waals surface area contributed by atoms with Crippen LogP contribution in [0.1, 0.15) is 65.7 Å². The lowest BCUT2D eigenvalue weighted by Crippen LogP contribution is -2.46. The van der Waals surface area contributed by atoms with E-state index in [2.05, 4.69) is 41.6 Å². The van der Waals surface area contributed by atoms with Crippen LogP contribution in [0.25, 0.3) is 0 Å². The number of amides is 1. The van der Waals surface area contributed by atoms with Crippen molar-refractivity contribution in [1.29, 1.82) is 0 Å². The molecular formula is C22H43N5O2. The zero-order chi connectivity index (χ0) is 20.9. The number of guanidine groups is 1. The van der Waals surface area contributed by atoms with Crippen LogP contribution < -0.4 is 16.0 Å². The van der Waals surface area contributed by atoms with E-state index < -0.39 is 0 Å². The molecule has 2 fully saturated rings. The molecule has 1 atom stereocenters. The first-order valence-electron chi connectivity index (χ1n) is 11.7. The van der Waals surface area contributed by atoms with Crippen molar-refractivity contribution >= 4 is 11.9 Å². The minimum absolute atomic E-state index is 0.145. The maximum atomic E-state index is 12.2. The Morgan fingerprint density at radius 2 is 1.86 bits per heavy atom. The van der Waals surface area contributed by atoms with Crippen molar-refractivity contribution in [2.45, 2.75) is 77.8 Å². The van der Waals surface area contributed by atoms with Crippen LogP contribution in [0.3, 0.4) is 0 Å². The van der Waals surface area contributed by atoms with E-state index in [1.165, 1.54) is 19.3 Å². The van der Waals surface area contributed by atoms with Crippen molar-refractivity contribution in [3.63, 3.8) is 0 Å². The molecule has 3 N–H and O–H groups in total. The van der Waals surface area contributed by atoms with Gasteiger partial charge < -0.3 is 20.7 Å². The molecule has 1 aliphatic heterocycles. The predicted molar refractivity (Wildman–Crippen MR) is 119 cm³/mol. The smallest absolute Gasteiger partial charge is 0.221 e. The second kappa shape index (κ2) is 13.8. The Kier molecular flexibility index (Phi) is 11.4. The molecule has 29 heavy (non-hydrogen) atoms. The van der Waals surface area contributed by atoms with E-state index in [1.807, 2.05) is 0 Å². The van der Waals surface area contributed by atoms with E-state index in [0.717, 1.165) is 64.6 Å². The molecule has 1 amide bonds. The van der Waals surface area contributed by atoms with Crippen LogP contribution in [0.4, 0.5) is 0 Å². The topological polar surface area (TPSA) is 78.0 Å². The van der Waals surface area contributed by atoms with Gasteiger partial charge >= 0.3 is 0 Å². The highest BCUT2D eigenvalue weighted by atomic mass is 16.5. The van der Waals surface area contributed by atoms with Gasteiger partial charge in [-0.2, -0.15) is 0 Å². The SMILES string of the molecule is CCNC(=NCC(CC(C)C)N1CCOCC1)NCCC(=O)NC1CCCCC1. The Balaban J connectivity index is 1.79. The number of nitrogens with one attached hydrogen (secondary N) is 3. The van der Waals surface area contributed by atoms with E-state index in [4.69, 9.17) is 9.73 Å². The average molecular weight is 410 g/mol. The van der Waals surface area contributed by atoms with E-state index in [9.17, 15) is 4.79 Å². The molecule has 1 aliphatic carbocycles. The number of hydrogen-bond acceptors (Lipinski definition) is 4. The molecular weight excluding hydrogens is 366 g/mol. The maximum absolute atomic E-state index is 12.2. The van der Waals surface area contributed by atoms with Crippen LogP contribution in [0, 0.1) is 5.92 Å². The average Bonchev–Trinajstić information content (AvgIpc) is 2.72. The third kappa shape index (κ3) is 9.81. The molecule has 1 saturated heterocycles. The highest BCUT2D eigenvalue weighted by Gasteiger charge is 2.22. The molecule has 0 aromatic heterocycles. The van der Waals surface area contributed by atoms with Gasteiger partial charge in [-0.25, -0.2) is 0 Å². The normalized spacial score (nSPS) is 20.5. The van der Waals surface area contributed by atoms with Crippen LogP contribution in [0.5, 0.6) is 0 Å². The molecule has 0 spiro atoms. The monoisotopic (exact) mass is 409 g/mol. The number of nitrogens with zero attached hydrogens (tertiary/aromatic N) is 2. The summed E-state index contributed by atoms with van der Waals surface area (Å²) in [6.07, 6.45) is 7.65. The van der Waals surface area contributed by atoms with Crippen molar-refractivity contribution in [1.82, 2.24) is 20.9 Å². The minimum Gasteiger partial charge on any atom is -0.379 e. The first-order valence-corrected chi connectivity index (χ1v) is 11.7. The minimum atomic E-state index is 0.145. The van der Waals surface area contributed by atoms with Crippen LogP contribution in [-0.2, 0) is 9.53 Å². The standard InChI is InChI=1S/C22H43N5O2/c1-4-23-22(24-11-10-21(28)26-19-8-6-5-7-9-19)25-17-20(16-18(2)3)27-12-14-29-15-13-27/h18-20H,4-17H2,1-3H3,(H,26,28)(H2,23,24,25). The van der Waals surface area contributed by atoms with Crippen LogP contribution in [0.15, 0.2) is 4.99 Å². The zero-order valence-electron chi connectivity index (χ0n) is 18.8. The van der Waals surface area contributed by atoms with Crippen molar-refractivity contribution in [2.75, 3.05) is 45.9 Å².